The molecular formula is C26H37N7. The second kappa shape index (κ2) is 10.3. The molecule has 2 N–H and O–H groups in total. The molecule has 0 spiro atoms. The summed E-state index contributed by atoms with van der Waals surface area (Å²) in [5.74, 6) is 2.43. The zero-order valence-corrected chi connectivity index (χ0v) is 20.3. The first kappa shape index (κ1) is 23.2. The van der Waals surface area contributed by atoms with Gasteiger partial charge in [-0.15, -0.1) is 6.58 Å². The van der Waals surface area contributed by atoms with E-state index >= 15 is 0 Å². The molecule has 33 heavy (non-hydrogen) atoms. The Morgan fingerprint density at radius 3 is 2.82 bits per heavy atom. The normalized spacial score (nSPS) is 18.5. The monoisotopic (exact) mass is 447 g/mol. The molecule has 3 aromatic rings. The van der Waals surface area contributed by atoms with E-state index in [2.05, 4.69) is 78.0 Å². The fourth-order valence-electron chi connectivity index (χ4n) is 4.47. The Kier molecular flexibility index (Phi) is 7.28. The van der Waals surface area contributed by atoms with Crippen LogP contribution in [0.2, 0.25) is 0 Å². The molecule has 1 aliphatic heterocycles. The number of nitrogens with one attached hydrogen (secondary N) is 2. The van der Waals surface area contributed by atoms with E-state index < -0.39 is 0 Å². The molecule has 4 rings (SSSR count). The minimum atomic E-state index is 0.197. The number of hydrogen-bond acceptors (Lipinski definition) is 6. The van der Waals surface area contributed by atoms with Gasteiger partial charge in [-0.2, -0.15) is 4.98 Å². The summed E-state index contributed by atoms with van der Waals surface area (Å²) >= 11 is 0. The molecule has 0 saturated carbocycles. The van der Waals surface area contributed by atoms with Gasteiger partial charge in [0.1, 0.15) is 12.1 Å². The van der Waals surface area contributed by atoms with Gasteiger partial charge in [0.05, 0.1) is 11.0 Å². The van der Waals surface area contributed by atoms with Gasteiger partial charge in [-0.05, 0) is 62.4 Å². The second-order valence-corrected chi connectivity index (χ2v) is 9.65. The van der Waals surface area contributed by atoms with E-state index in [0.29, 0.717) is 23.8 Å². The van der Waals surface area contributed by atoms with E-state index in [9.17, 15) is 0 Å². The third kappa shape index (κ3) is 5.53. The summed E-state index contributed by atoms with van der Waals surface area (Å²) in [6.07, 6.45) is 8.11. The molecule has 0 amide bonds. The Labute approximate surface area is 197 Å². The lowest BCUT2D eigenvalue weighted by Crippen LogP contribution is -2.37. The SMILES string of the molecule is C=CC(C)[C@H](C)Nc1nccc(-n2cnc3cc(NCC4CCCN4CC(C)C)ccc32)n1. The lowest BCUT2D eigenvalue weighted by Gasteiger charge is -2.26. The number of aromatic nitrogens is 4. The number of fused-ring (bicyclic) bond motifs is 1. The lowest BCUT2D eigenvalue weighted by molar-refractivity contribution is 0.234. The molecule has 2 unspecified atom stereocenters. The van der Waals surface area contributed by atoms with Gasteiger partial charge in [-0.25, -0.2) is 9.97 Å². The average molecular weight is 448 g/mol. The molecular weight excluding hydrogens is 410 g/mol. The first-order valence-corrected chi connectivity index (χ1v) is 12.1. The van der Waals surface area contributed by atoms with Crippen molar-refractivity contribution in [2.45, 2.75) is 52.6 Å². The predicted molar refractivity (Wildman–Crippen MR) is 137 cm³/mol. The molecule has 0 aliphatic carbocycles. The van der Waals surface area contributed by atoms with Crippen molar-refractivity contribution in [1.29, 1.82) is 0 Å². The van der Waals surface area contributed by atoms with Gasteiger partial charge in [0.2, 0.25) is 5.95 Å². The van der Waals surface area contributed by atoms with Crippen molar-refractivity contribution in [3.8, 4) is 5.82 Å². The second-order valence-electron chi connectivity index (χ2n) is 9.65. The van der Waals surface area contributed by atoms with Crippen molar-refractivity contribution in [3.05, 3.63) is 49.4 Å². The molecule has 7 nitrogen and oxygen atoms in total. The number of benzene rings is 1. The molecule has 2 aromatic heterocycles. The number of hydrogen-bond donors (Lipinski definition) is 2. The Balaban J connectivity index is 1.46. The molecule has 1 fully saturated rings. The highest BCUT2D eigenvalue weighted by atomic mass is 15.2. The van der Waals surface area contributed by atoms with Crippen LogP contribution in [0.4, 0.5) is 11.6 Å². The lowest BCUT2D eigenvalue weighted by atomic mass is 10.0. The minimum Gasteiger partial charge on any atom is -0.383 e. The van der Waals surface area contributed by atoms with Crippen molar-refractivity contribution in [2.24, 2.45) is 11.8 Å². The highest BCUT2D eigenvalue weighted by Crippen LogP contribution is 2.23. The first-order chi connectivity index (χ1) is 15.9. The number of imidazole rings is 1. The molecule has 1 aromatic carbocycles. The third-order valence-corrected chi connectivity index (χ3v) is 6.59. The zero-order valence-electron chi connectivity index (χ0n) is 20.3. The Morgan fingerprint density at radius 2 is 2.03 bits per heavy atom. The third-order valence-electron chi connectivity index (χ3n) is 6.59. The van der Waals surface area contributed by atoms with Crippen molar-refractivity contribution >= 4 is 22.7 Å². The molecule has 1 saturated heterocycles. The van der Waals surface area contributed by atoms with E-state index in [0.717, 1.165) is 29.1 Å². The predicted octanol–water partition coefficient (Wildman–Crippen LogP) is 4.97. The molecule has 0 bridgehead atoms. The first-order valence-electron chi connectivity index (χ1n) is 12.1. The van der Waals surface area contributed by atoms with E-state index in [-0.39, 0.29) is 6.04 Å². The maximum Gasteiger partial charge on any atom is 0.224 e. The molecule has 3 atom stereocenters. The van der Waals surface area contributed by atoms with Gasteiger partial charge >= 0.3 is 0 Å². The Hall–Kier alpha value is -2.93. The van der Waals surface area contributed by atoms with Gasteiger partial charge in [-0.1, -0.05) is 26.8 Å². The van der Waals surface area contributed by atoms with Crippen LogP contribution < -0.4 is 10.6 Å². The highest BCUT2D eigenvalue weighted by molar-refractivity contribution is 5.81. The summed E-state index contributed by atoms with van der Waals surface area (Å²) in [6.45, 7) is 16.1. The van der Waals surface area contributed by atoms with Crippen LogP contribution >= 0.6 is 0 Å². The maximum atomic E-state index is 4.71. The van der Waals surface area contributed by atoms with Crippen LogP contribution in [-0.4, -0.2) is 56.1 Å². The number of rotatable bonds is 10. The summed E-state index contributed by atoms with van der Waals surface area (Å²) in [5.41, 5.74) is 3.09. The van der Waals surface area contributed by atoms with Crippen molar-refractivity contribution in [1.82, 2.24) is 24.4 Å². The van der Waals surface area contributed by atoms with E-state index in [4.69, 9.17) is 4.98 Å². The van der Waals surface area contributed by atoms with Crippen LogP contribution in [0.1, 0.15) is 40.5 Å². The van der Waals surface area contributed by atoms with Crippen LogP contribution in [-0.2, 0) is 0 Å². The maximum absolute atomic E-state index is 4.71. The molecule has 3 heterocycles. The molecule has 0 radical (unpaired) electrons. The number of anilines is 2. The molecule has 1 aliphatic rings. The highest BCUT2D eigenvalue weighted by Gasteiger charge is 2.24. The van der Waals surface area contributed by atoms with Gasteiger partial charge in [0.25, 0.3) is 0 Å². The van der Waals surface area contributed by atoms with E-state index in [1.807, 2.05) is 23.0 Å². The summed E-state index contributed by atoms with van der Waals surface area (Å²) in [6, 6.07) is 9.09. The minimum absolute atomic E-state index is 0.197. The number of likely N-dealkylation sites (tertiary alicyclic amines) is 1. The fourth-order valence-corrected chi connectivity index (χ4v) is 4.47. The van der Waals surface area contributed by atoms with Crippen molar-refractivity contribution < 1.29 is 0 Å². The zero-order chi connectivity index (χ0) is 23.4. The smallest absolute Gasteiger partial charge is 0.224 e. The van der Waals surface area contributed by atoms with E-state index in [1.165, 1.54) is 25.9 Å². The van der Waals surface area contributed by atoms with E-state index in [1.54, 1.807) is 6.20 Å². The topological polar surface area (TPSA) is 70.9 Å². The van der Waals surface area contributed by atoms with Crippen LogP contribution in [0.25, 0.3) is 16.9 Å². The number of nitrogens with zero attached hydrogens (tertiary/aromatic N) is 5. The largest absolute Gasteiger partial charge is 0.383 e. The van der Waals surface area contributed by atoms with Gasteiger partial charge in [0, 0.05) is 37.1 Å². The van der Waals surface area contributed by atoms with Crippen molar-refractivity contribution in [2.75, 3.05) is 30.3 Å². The van der Waals surface area contributed by atoms with Gasteiger partial charge in [-0.3, -0.25) is 9.47 Å². The molecule has 176 valence electrons. The summed E-state index contributed by atoms with van der Waals surface area (Å²) in [4.78, 5) is 16.4. The summed E-state index contributed by atoms with van der Waals surface area (Å²) in [7, 11) is 0. The quantitative estimate of drug-likeness (QED) is 0.428. The summed E-state index contributed by atoms with van der Waals surface area (Å²) in [5, 5.41) is 7.01. The summed E-state index contributed by atoms with van der Waals surface area (Å²) < 4.78 is 2.01. The Morgan fingerprint density at radius 1 is 1.18 bits per heavy atom. The van der Waals surface area contributed by atoms with Crippen LogP contribution in [0, 0.1) is 11.8 Å². The van der Waals surface area contributed by atoms with Gasteiger partial charge in [0.15, 0.2) is 0 Å². The van der Waals surface area contributed by atoms with Crippen LogP contribution in [0.15, 0.2) is 49.4 Å². The molecule has 7 heteroatoms. The average Bonchev–Trinajstić information content (AvgIpc) is 3.43. The van der Waals surface area contributed by atoms with Crippen LogP contribution in [0.3, 0.4) is 0 Å². The fraction of sp³-hybridized carbons (Fsp3) is 0.500. The van der Waals surface area contributed by atoms with Crippen molar-refractivity contribution in [3.63, 3.8) is 0 Å². The van der Waals surface area contributed by atoms with Crippen LogP contribution in [0.5, 0.6) is 0 Å². The van der Waals surface area contributed by atoms with Gasteiger partial charge < -0.3 is 10.6 Å². The Bertz CT molecular complexity index is 1070. The standard InChI is InChI=1S/C26H37N7/c1-6-19(4)20(5)30-26-27-12-11-25(31-26)33-17-29-23-14-21(9-10-24(23)33)28-15-22-8-7-13-32(22)16-18(2)3/h6,9-12,14,17-20,22,28H,1,7-8,13,15-16H2,2-5H3,(H,27,30,31)/t19?,20-,22?/m0/s1.